The lowest BCUT2D eigenvalue weighted by atomic mass is 10.1. The van der Waals surface area contributed by atoms with Gasteiger partial charge in [0.25, 0.3) is 5.91 Å². The van der Waals surface area contributed by atoms with Crippen LogP contribution in [0.4, 0.5) is 4.79 Å². The molecule has 0 unspecified atom stereocenters. The Morgan fingerprint density at radius 1 is 1.24 bits per heavy atom. The van der Waals surface area contributed by atoms with Crippen molar-refractivity contribution in [1.29, 1.82) is 0 Å². The average Bonchev–Trinajstić information content (AvgIpc) is 2.69. The van der Waals surface area contributed by atoms with Crippen molar-refractivity contribution >= 4 is 17.8 Å². The number of hydrogen-bond acceptors (Lipinski definition) is 3. The number of rotatable bonds is 3. The van der Waals surface area contributed by atoms with Gasteiger partial charge < -0.3 is 21.3 Å². The van der Waals surface area contributed by atoms with Crippen LogP contribution in [0.5, 0.6) is 0 Å². The standard InChI is InChI=1S/C14H18N4O3/c15-14(21)17-9-10-1-3-11(4-2-10)13(20)18-7-5-12(19)16-6-8-18/h1-4H,5-9H2,(H,16,19)(H3,15,17,21). The Labute approximate surface area is 122 Å². The number of nitrogens with two attached hydrogens (primary N) is 1. The van der Waals surface area contributed by atoms with Crippen LogP contribution in [0.3, 0.4) is 0 Å². The zero-order valence-electron chi connectivity index (χ0n) is 11.6. The molecule has 0 bridgehead atoms. The molecule has 21 heavy (non-hydrogen) atoms. The molecule has 0 saturated carbocycles. The Morgan fingerprint density at radius 3 is 2.62 bits per heavy atom. The lowest BCUT2D eigenvalue weighted by molar-refractivity contribution is -0.120. The Balaban J connectivity index is 1.98. The topological polar surface area (TPSA) is 105 Å². The number of hydrogen-bond donors (Lipinski definition) is 3. The molecular weight excluding hydrogens is 272 g/mol. The predicted molar refractivity (Wildman–Crippen MR) is 76.4 cm³/mol. The third kappa shape index (κ3) is 4.20. The maximum atomic E-state index is 12.3. The number of carbonyl (C=O) groups excluding carboxylic acids is 3. The zero-order valence-corrected chi connectivity index (χ0v) is 11.6. The van der Waals surface area contributed by atoms with E-state index < -0.39 is 6.03 Å². The van der Waals surface area contributed by atoms with E-state index in [-0.39, 0.29) is 11.8 Å². The van der Waals surface area contributed by atoms with Crippen molar-refractivity contribution in [2.75, 3.05) is 19.6 Å². The first-order valence-corrected chi connectivity index (χ1v) is 6.74. The maximum Gasteiger partial charge on any atom is 0.312 e. The summed E-state index contributed by atoms with van der Waals surface area (Å²) in [6.45, 7) is 1.74. The maximum absolute atomic E-state index is 12.3. The van der Waals surface area contributed by atoms with Gasteiger partial charge in [0.1, 0.15) is 0 Å². The largest absolute Gasteiger partial charge is 0.354 e. The molecule has 1 saturated heterocycles. The van der Waals surface area contributed by atoms with E-state index in [4.69, 9.17) is 5.73 Å². The van der Waals surface area contributed by atoms with Crippen molar-refractivity contribution in [1.82, 2.24) is 15.5 Å². The van der Waals surface area contributed by atoms with Gasteiger partial charge in [-0.1, -0.05) is 12.1 Å². The third-order valence-electron chi connectivity index (χ3n) is 3.27. The summed E-state index contributed by atoms with van der Waals surface area (Å²) < 4.78 is 0. The minimum atomic E-state index is -0.586. The number of urea groups is 1. The molecule has 0 aromatic heterocycles. The van der Waals surface area contributed by atoms with Crippen LogP contribution in [0.2, 0.25) is 0 Å². The molecule has 0 spiro atoms. The van der Waals surface area contributed by atoms with Gasteiger partial charge in [0.05, 0.1) is 0 Å². The first-order chi connectivity index (χ1) is 10.1. The minimum Gasteiger partial charge on any atom is -0.354 e. The number of nitrogens with one attached hydrogen (secondary N) is 2. The summed E-state index contributed by atoms with van der Waals surface area (Å²) in [7, 11) is 0. The summed E-state index contributed by atoms with van der Waals surface area (Å²) in [4.78, 5) is 35.9. The molecule has 7 heteroatoms. The van der Waals surface area contributed by atoms with Crippen molar-refractivity contribution in [2.45, 2.75) is 13.0 Å². The van der Waals surface area contributed by atoms with Gasteiger partial charge in [-0.3, -0.25) is 9.59 Å². The van der Waals surface area contributed by atoms with E-state index in [9.17, 15) is 14.4 Å². The Bertz CT molecular complexity index is 542. The van der Waals surface area contributed by atoms with Crippen LogP contribution in [-0.2, 0) is 11.3 Å². The lowest BCUT2D eigenvalue weighted by Crippen LogP contribution is -2.34. The quantitative estimate of drug-likeness (QED) is 0.719. The van der Waals surface area contributed by atoms with Gasteiger partial charge in [-0.05, 0) is 17.7 Å². The first kappa shape index (κ1) is 14.8. The average molecular weight is 290 g/mol. The van der Waals surface area contributed by atoms with Gasteiger partial charge >= 0.3 is 6.03 Å². The van der Waals surface area contributed by atoms with Crippen LogP contribution in [0.1, 0.15) is 22.3 Å². The van der Waals surface area contributed by atoms with Crippen LogP contribution < -0.4 is 16.4 Å². The molecule has 0 radical (unpaired) electrons. The predicted octanol–water partition coefficient (Wildman–Crippen LogP) is -0.183. The second-order valence-electron chi connectivity index (χ2n) is 4.81. The number of carbonyl (C=O) groups is 3. The molecule has 1 heterocycles. The van der Waals surface area contributed by atoms with Crippen molar-refractivity contribution in [3.63, 3.8) is 0 Å². The molecule has 0 aliphatic carbocycles. The molecule has 7 nitrogen and oxygen atoms in total. The summed E-state index contributed by atoms with van der Waals surface area (Å²) in [5.74, 6) is -0.126. The fraction of sp³-hybridized carbons (Fsp3) is 0.357. The molecular formula is C14H18N4O3. The Hall–Kier alpha value is -2.57. The lowest BCUT2D eigenvalue weighted by Gasteiger charge is -2.19. The second-order valence-corrected chi connectivity index (χ2v) is 4.81. The highest BCUT2D eigenvalue weighted by atomic mass is 16.2. The fourth-order valence-electron chi connectivity index (χ4n) is 2.11. The summed E-state index contributed by atoms with van der Waals surface area (Å²) in [5.41, 5.74) is 6.42. The van der Waals surface area contributed by atoms with Gasteiger partial charge in [0.2, 0.25) is 5.91 Å². The molecule has 4 amide bonds. The highest BCUT2D eigenvalue weighted by Gasteiger charge is 2.19. The highest BCUT2D eigenvalue weighted by molar-refractivity contribution is 5.94. The van der Waals surface area contributed by atoms with Gasteiger partial charge in [-0.2, -0.15) is 0 Å². The van der Waals surface area contributed by atoms with E-state index in [1.54, 1.807) is 29.2 Å². The molecule has 1 aromatic carbocycles. The van der Waals surface area contributed by atoms with Gasteiger partial charge in [-0.15, -0.1) is 0 Å². The van der Waals surface area contributed by atoms with E-state index in [1.165, 1.54) is 0 Å². The number of primary amides is 1. The summed E-state index contributed by atoms with van der Waals surface area (Å²) in [6.07, 6.45) is 0.326. The van der Waals surface area contributed by atoms with Crippen molar-refractivity contribution in [2.24, 2.45) is 5.73 Å². The molecule has 1 fully saturated rings. The summed E-state index contributed by atoms with van der Waals surface area (Å²) >= 11 is 0. The smallest absolute Gasteiger partial charge is 0.312 e. The van der Waals surface area contributed by atoms with Crippen LogP contribution in [-0.4, -0.2) is 42.4 Å². The summed E-state index contributed by atoms with van der Waals surface area (Å²) in [6, 6.07) is 6.37. The molecule has 0 atom stereocenters. The van der Waals surface area contributed by atoms with Crippen molar-refractivity contribution in [3.05, 3.63) is 35.4 Å². The fourth-order valence-corrected chi connectivity index (χ4v) is 2.11. The molecule has 2 rings (SSSR count). The molecule has 1 aliphatic rings. The molecule has 1 aromatic rings. The van der Waals surface area contributed by atoms with Crippen molar-refractivity contribution < 1.29 is 14.4 Å². The number of nitrogens with zero attached hydrogens (tertiary/aromatic N) is 1. The Kier molecular flexibility index (Phi) is 4.76. The SMILES string of the molecule is NC(=O)NCc1ccc(C(=O)N2CCNC(=O)CC2)cc1. The summed E-state index contributed by atoms with van der Waals surface area (Å²) in [5, 5.41) is 5.22. The van der Waals surface area contributed by atoms with Crippen LogP contribution in [0.15, 0.2) is 24.3 Å². The van der Waals surface area contributed by atoms with Gasteiger partial charge in [-0.25, -0.2) is 4.79 Å². The normalized spacial score (nSPS) is 15.0. The minimum absolute atomic E-state index is 0.0295. The van der Waals surface area contributed by atoms with E-state index in [2.05, 4.69) is 10.6 Å². The van der Waals surface area contributed by atoms with E-state index in [0.29, 0.717) is 38.2 Å². The van der Waals surface area contributed by atoms with Crippen LogP contribution in [0.25, 0.3) is 0 Å². The van der Waals surface area contributed by atoms with E-state index in [0.717, 1.165) is 5.56 Å². The zero-order chi connectivity index (χ0) is 15.2. The monoisotopic (exact) mass is 290 g/mol. The third-order valence-corrected chi connectivity index (χ3v) is 3.27. The van der Waals surface area contributed by atoms with E-state index >= 15 is 0 Å². The Morgan fingerprint density at radius 2 is 1.95 bits per heavy atom. The van der Waals surface area contributed by atoms with Crippen molar-refractivity contribution in [3.8, 4) is 0 Å². The van der Waals surface area contributed by atoms with Crippen LogP contribution >= 0.6 is 0 Å². The number of amides is 4. The molecule has 1 aliphatic heterocycles. The molecule has 112 valence electrons. The number of benzene rings is 1. The highest BCUT2D eigenvalue weighted by Crippen LogP contribution is 2.09. The first-order valence-electron chi connectivity index (χ1n) is 6.74. The van der Waals surface area contributed by atoms with Gasteiger partial charge in [0.15, 0.2) is 0 Å². The van der Waals surface area contributed by atoms with Gasteiger partial charge in [0, 0.05) is 38.2 Å². The van der Waals surface area contributed by atoms with Crippen LogP contribution in [0, 0.1) is 0 Å². The second kappa shape index (κ2) is 6.74. The molecule has 4 N–H and O–H groups in total. The van der Waals surface area contributed by atoms with E-state index in [1.807, 2.05) is 0 Å².